The second-order valence-electron chi connectivity index (χ2n) is 4.44. The number of hydrogen-bond acceptors (Lipinski definition) is 4. The van der Waals surface area contributed by atoms with Crippen LogP contribution in [0.2, 0.25) is 0 Å². The zero-order valence-electron chi connectivity index (χ0n) is 10.7. The molecule has 0 heterocycles. The third-order valence-electron chi connectivity index (χ3n) is 2.66. The lowest BCUT2D eigenvalue weighted by atomic mass is 10.2. The SMILES string of the molecule is Cc1ccc(F)c(Nc2cc(N)cc(S(N)(=O)=O)c2)c1. The van der Waals surface area contributed by atoms with E-state index < -0.39 is 15.8 Å². The van der Waals surface area contributed by atoms with E-state index in [1.54, 1.807) is 12.1 Å². The van der Waals surface area contributed by atoms with Crippen LogP contribution in [0.25, 0.3) is 0 Å². The predicted octanol–water partition coefficient (Wildman–Crippen LogP) is 2.11. The average Bonchev–Trinajstić information content (AvgIpc) is 2.32. The van der Waals surface area contributed by atoms with Crippen LogP contribution in [-0.4, -0.2) is 8.42 Å². The largest absolute Gasteiger partial charge is 0.399 e. The Bertz CT molecular complexity index is 760. The van der Waals surface area contributed by atoms with Gasteiger partial charge in [0.05, 0.1) is 10.6 Å². The maximum absolute atomic E-state index is 13.7. The zero-order chi connectivity index (χ0) is 14.9. The second kappa shape index (κ2) is 5.10. The highest BCUT2D eigenvalue weighted by Crippen LogP contribution is 2.25. The lowest BCUT2D eigenvalue weighted by Gasteiger charge is -2.10. The number of nitrogens with one attached hydrogen (secondary N) is 1. The van der Waals surface area contributed by atoms with Gasteiger partial charge in [-0.1, -0.05) is 6.07 Å². The molecule has 2 aromatic rings. The Morgan fingerprint density at radius 2 is 1.85 bits per heavy atom. The van der Waals surface area contributed by atoms with Gasteiger partial charge >= 0.3 is 0 Å². The minimum Gasteiger partial charge on any atom is -0.399 e. The maximum Gasteiger partial charge on any atom is 0.238 e. The van der Waals surface area contributed by atoms with E-state index in [9.17, 15) is 12.8 Å². The molecule has 0 aromatic heterocycles. The molecule has 0 aliphatic heterocycles. The molecule has 0 atom stereocenters. The van der Waals surface area contributed by atoms with Crippen molar-refractivity contribution in [2.45, 2.75) is 11.8 Å². The Morgan fingerprint density at radius 3 is 2.50 bits per heavy atom. The molecule has 0 spiro atoms. The lowest BCUT2D eigenvalue weighted by Crippen LogP contribution is -2.12. The molecule has 0 unspecified atom stereocenters. The summed E-state index contributed by atoms with van der Waals surface area (Å²) < 4.78 is 36.3. The van der Waals surface area contributed by atoms with E-state index >= 15 is 0 Å². The molecule has 0 aliphatic rings. The summed E-state index contributed by atoms with van der Waals surface area (Å²) in [5.74, 6) is -0.449. The smallest absolute Gasteiger partial charge is 0.238 e. The first-order chi connectivity index (χ1) is 9.25. The van der Waals surface area contributed by atoms with Gasteiger partial charge in [0.25, 0.3) is 0 Å². The Hall–Kier alpha value is -2.12. The summed E-state index contributed by atoms with van der Waals surface area (Å²) in [5.41, 5.74) is 7.28. The van der Waals surface area contributed by atoms with Crippen LogP contribution >= 0.6 is 0 Å². The average molecular weight is 295 g/mol. The van der Waals surface area contributed by atoms with Crippen molar-refractivity contribution >= 4 is 27.1 Å². The molecule has 2 aromatic carbocycles. The van der Waals surface area contributed by atoms with Crippen molar-refractivity contribution < 1.29 is 12.8 Å². The van der Waals surface area contributed by atoms with Crippen LogP contribution in [-0.2, 0) is 10.0 Å². The molecule has 2 rings (SSSR count). The minimum atomic E-state index is -3.87. The summed E-state index contributed by atoms with van der Waals surface area (Å²) in [7, 11) is -3.87. The topological polar surface area (TPSA) is 98.2 Å². The number of rotatable bonds is 3. The van der Waals surface area contributed by atoms with Crippen LogP contribution < -0.4 is 16.2 Å². The molecule has 0 fully saturated rings. The molecule has 20 heavy (non-hydrogen) atoms. The first kappa shape index (κ1) is 14.3. The lowest BCUT2D eigenvalue weighted by molar-refractivity contribution is 0.598. The van der Waals surface area contributed by atoms with Gasteiger partial charge in [0.1, 0.15) is 5.82 Å². The van der Waals surface area contributed by atoms with E-state index in [2.05, 4.69) is 5.32 Å². The quantitative estimate of drug-likeness (QED) is 0.755. The Kier molecular flexibility index (Phi) is 3.65. The van der Waals surface area contributed by atoms with Gasteiger partial charge in [-0.15, -0.1) is 0 Å². The molecular formula is C13H14FN3O2S. The monoisotopic (exact) mass is 295 g/mol. The molecule has 7 heteroatoms. The third kappa shape index (κ3) is 3.25. The highest BCUT2D eigenvalue weighted by Gasteiger charge is 2.11. The third-order valence-corrected chi connectivity index (χ3v) is 3.55. The standard InChI is InChI=1S/C13H14FN3O2S/c1-8-2-3-12(14)13(4-8)17-10-5-9(15)6-11(7-10)20(16,18)19/h2-7,17H,15H2,1H3,(H2,16,18,19). The van der Waals surface area contributed by atoms with Crippen molar-refractivity contribution in [2.75, 3.05) is 11.1 Å². The molecule has 0 radical (unpaired) electrons. The summed E-state index contributed by atoms with van der Waals surface area (Å²) in [6.07, 6.45) is 0. The fraction of sp³-hybridized carbons (Fsp3) is 0.0769. The van der Waals surface area contributed by atoms with Gasteiger partial charge in [-0.25, -0.2) is 17.9 Å². The van der Waals surface area contributed by atoms with Gasteiger partial charge in [-0.2, -0.15) is 0 Å². The highest BCUT2D eigenvalue weighted by molar-refractivity contribution is 7.89. The van der Waals surface area contributed by atoms with Crippen LogP contribution in [0.5, 0.6) is 0 Å². The van der Waals surface area contributed by atoms with E-state index in [4.69, 9.17) is 10.9 Å². The van der Waals surface area contributed by atoms with Gasteiger partial charge in [0, 0.05) is 11.4 Å². The number of benzene rings is 2. The van der Waals surface area contributed by atoms with Crippen molar-refractivity contribution in [3.63, 3.8) is 0 Å². The number of anilines is 3. The molecule has 0 saturated carbocycles. The molecule has 5 N–H and O–H groups in total. The molecule has 0 aliphatic carbocycles. The zero-order valence-corrected chi connectivity index (χ0v) is 11.5. The van der Waals surface area contributed by atoms with Gasteiger partial charge in [0.2, 0.25) is 10.0 Å². The molecular weight excluding hydrogens is 281 g/mol. The molecule has 106 valence electrons. The fourth-order valence-corrected chi connectivity index (χ4v) is 2.34. The van der Waals surface area contributed by atoms with Crippen molar-refractivity contribution in [3.05, 3.63) is 47.8 Å². The summed E-state index contributed by atoms with van der Waals surface area (Å²) in [6.45, 7) is 1.82. The Morgan fingerprint density at radius 1 is 1.15 bits per heavy atom. The van der Waals surface area contributed by atoms with Crippen molar-refractivity contribution in [1.82, 2.24) is 0 Å². The first-order valence-electron chi connectivity index (χ1n) is 5.72. The number of nitrogen functional groups attached to an aromatic ring is 1. The summed E-state index contributed by atoms with van der Waals surface area (Å²) in [4.78, 5) is -0.131. The first-order valence-corrected chi connectivity index (χ1v) is 7.27. The van der Waals surface area contributed by atoms with Crippen molar-refractivity contribution in [1.29, 1.82) is 0 Å². The maximum atomic E-state index is 13.7. The van der Waals surface area contributed by atoms with E-state index in [0.29, 0.717) is 5.69 Å². The van der Waals surface area contributed by atoms with Crippen LogP contribution in [0.15, 0.2) is 41.3 Å². The fourth-order valence-electron chi connectivity index (χ4n) is 1.75. The summed E-state index contributed by atoms with van der Waals surface area (Å²) in [5, 5.41) is 7.85. The van der Waals surface area contributed by atoms with Gasteiger partial charge in [-0.05, 0) is 42.8 Å². The molecule has 0 bridgehead atoms. The van der Waals surface area contributed by atoms with Gasteiger partial charge < -0.3 is 11.1 Å². The molecule has 5 nitrogen and oxygen atoms in total. The normalized spacial score (nSPS) is 11.3. The predicted molar refractivity (Wildman–Crippen MR) is 76.6 cm³/mol. The van der Waals surface area contributed by atoms with E-state index in [1.165, 1.54) is 24.3 Å². The van der Waals surface area contributed by atoms with E-state index in [1.807, 2.05) is 6.92 Å². The number of nitrogens with two attached hydrogens (primary N) is 2. The molecule has 0 saturated heterocycles. The van der Waals surface area contributed by atoms with Gasteiger partial charge in [0.15, 0.2) is 0 Å². The van der Waals surface area contributed by atoms with E-state index in [-0.39, 0.29) is 16.3 Å². The van der Waals surface area contributed by atoms with Crippen molar-refractivity contribution in [2.24, 2.45) is 5.14 Å². The van der Waals surface area contributed by atoms with Crippen LogP contribution in [0.3, 0.4) is 0 Å². The number of primary sulfonamides is 1. The number of hydrogen-bond donors (Lipinski definition) is 3. The minimum absolute atomic E-state index is 0.131. The molecule has 0 amide bonds. The van der Waals surface area contributed by atoms with E-state index in [0.717, 1.165) is 5.56 Å². The summed E-state index contributed by atoms with van der Waals surface area (Å²) in [6, 6.07) is 8.60. The van der Waals surface area contributed by atoms with Gasteiger partial charge in [-0.3, -0.25) is 0 Å². The van der Waals surface area contributed by atoms with Crippen LogP contribution in [0.4, 0.5) is 21.5 Å². The van der Waals surface area contributed by atoms with Crippen LogP contribution in [0.1, 0.15) is 5.56 Å². The Balaban J connectivity index is 2.44. The van der Waals surface area contributed by atoms with Crippen molar-refractivity contribution in [3.8, 4) is 0 Å². The highest BCUT2D eigenvalue weighted by atomic mass is 32.2. The number of halogens is 1. The Labute approximate surface area is 116 Å². The summed E-state index contributed by atoms with van der Waals surface area (Å²) >= 11 is 0. The second-order valence-corrected chi connectivity index (χ2v) is 6.01. The number of sulfonamides is 1. The van der Waals surface area contributed by atoms with Crippen LogP contribution in [0, 0.1) is 12.7 Å². The number of aryl methyl sites for hydroxylation is 1.